The Morgan fingerprint density at radius 3 is 2.00 bits per heavy atom. The number of hydrogen-bond donors (Lipinski definition) is 3. The molecule has 0 saturated carbocycles. The third-order valence-electron chi connectivity index (χ3n) is 4.56. The SMILES string of the molecule is CC.CC(C)C.CCC.N#CC(NC(=O)C1CCCN1C(=O)CNC(=O)C(F)(F)F)c1cncc(NC(=O)C(F)(F)F)c1. The fourth-order valence-corrected chi connectivity index (χ4v) is 3.01. The number of amides is 4. The predicted molar refractivity (Wildman–Crippen MR) is 147 cm³/mol. The number of carbonyl (C=O) groups excluding carboxylic acids is 4. The van der Waals surface area contributed by atoms with E-state index in [1.165, 1.54) is 11.7 Å². The van der Waals surface area contributed by atoms with Crippen LogP contribution in [0.1, 0.15) is 79.3 Å². The lowest BCUT2D eigenvalue weighted by atomic mass is 10.1. The number of hydrogen-bond acceptors (Lipinski definition) is 6. The molecule has 4 amide bonds. The van der Waals surface area contributed by atoms with E-state index in [4.69, 9.17) is 0 Å². The van der Waals surface area contributed by atoms with Crippen LogP contribution in [0.15, 0.2) is 18.5 Å². The first-order valence-corrected chi connectivity index (χ1v) is 13.6. The molecule has 0 aromatic carbocycles. The highest BCUT2D eigenvalue weighted by Crippen LogP contribution is 2.22. The minimum atomic E-state index is -5.19. The van der Waals surface area contributed by atoms with Gasteiger partial charge >= 0.3 is 24.2 Å². The van der Waals surface area contributed by atoms with Gasteiger partial charge in [-0.3, -0.25) is 24.2 Å². The molecule has 2 heterocycles. The molecule has 0 radical (unpaired) electrons. The zero-order valence-corrected chi connectivity index (χ0v) is 25.2. The van der Waals surface area contributed by atoms with Crippen molar-refractivity contribution in [3.8, 4) is 6.07 Å². The van der Waals surface area contributed by atoms with Crippen LogP contribution in [0.25, 0.3) is 0 Å². The second-order valence-electron chi connectivity index (χ2n) is 9.39. The van der Waals surface area contributed by atoms with Crippen molar-refractivity contribution in [1.29, 1.82) is 5.26 Å². The fourth-order valence-electron chi connectivity index (χ4n) is 3.01. The largest absolute Gasteiger partial charge is 0.471 e. The molecule has 1 aliphatic rings. The minimum absolute atomic E-state index is 0.0105. The number of carbonyl (C=O) groups is 4. The highest BCUT2D eigenvalue weighted by Gasteiger charge is 2.41. The molecule has 1 aromatic rings. The molecule has 1 fully saturated rings. The Morgan fingerprint density at radius 1 is 1.02 bits per heavy atom. The summed E-state index contributed by atoms with van der Waals surface area (Å²) in [6, 6.07) is 0.0735. The van der Waals surface area contributed by atoms with E-state index < -0.39 is 60.3 Å². The van der Waals surface area contributed by atoms with E-state index in [-0.39, 0.29) is 18.5 Å². The number of alkyl halides is 6. The summed E-state index contributed by atoms with van der Waals surface area (Å²) in [5.74, 6) is -5.58. The molecule has 0 spiro atoms. The smallest absolute Gasteiger partial charge is 0.339 e. The molecule has 43 heavy (non-hydrogen) atoms. The number of nitrogens with one attached hydrogen (secondary N) is 3. The summed E-state index contributed by atoms with van der Waals surface area (Å²) in [6.07, 6.45) is -6.74. The molecule has 0 aliphatic carbocycles. The van der Waals surface area contributed by atoms with Gasteiger partial charge in [0.25, 0.3) is 0 Å². The van der Waals surface area contributed by atoms with Crippen molar-refractivity contribution < 1.29 is 45.5 Å². The summed E-state index contributed by atoms with van der Waals surface area (Å²) in [4.78, 5) is 51.3. The first kappa shape index (κ1) is 41.2. The normalized spacial score (nSPS) is 14.7. The van der Waals surface area contributed by atoms with Gasteiger partial charge in [-0.25, -0.2) is 0 Å². The molecule has 1 aliphatic heterocycles. The van der Waals surface area contributed by atoms with Gasteiger partial charge in [-0.2, -0.15) is 31.6 Å². The predicted octanol–water partition coefficient (Wildman–Crippen LogP) is 5.04. The van der Waals surface area contributed by atoms with Crippen molar-refractivity contribution in [2.45, 2.75) is 92.2 Å². The van der Waals surface area contributed by atoms with Crippen LogP contribution < -0.4 is 16.0 Å². The van der Waals surface area contributed by atoms with Crippen molar-refractivity contribution in [3.05, 3.63) is 24.0 Å². The summed E-state index contributed by atoms with van der Waals surface area (Å²) in [5, 5.41) is 14.6. The summed E-state index contributed by atoms with van der Waals surface area (Å²) in [7, 11) is 0. The van der Waals surface area contributed by atoms with E-state index in [0.29, 0.717) is 6.42 Å². The van der Waals surface area contributed by atoms with Crippen LogP contribution in [-0.4, -0.2) is 65.0 Å². The van der Waals surface area contributed by atoms with Gasteiger partial charge in [0.1, 0.15) is 12.1 Å². The van der Waals surface area contributed by atoms with E-state index in [9.17, 15) is 50.8 Å². The topological polar surface area (TPSA) is 144 Å². The Balaban J connectivity index is 0. The van der Waals surface area contributed by atoms with Crippen molar-refractivity contribution in [1.82, 2.24) is 20.5 Å². The van der Waals surface area contributed by atoms with Crippen LogP contribution in [-0.2, 0) is 19.2 Å². The van der Waals surface area contributed by atoms with Crippen LogP contribution in [0.5, 0.6) is 0 Å². The van der Waals surface area contributed by atoms with Gasteiger partial charge in [-0.1, -0.05) is 54.9 Å². The van der Waals surface area contributed by atoms with E-state index in [1.807, 2.05) is 13.8 Å². The maximum atomic E-state index is 12.6. The first-order valence-electron chi connectivity index (χ1n) is 13.6. The zero-order valence-electron chi connectivity index (χ0n) is 25.2. The molecule has 10 nitrogen and oxygen atoms in total. The highest BCUT2D eigenvalue weighted by molar-refractivity contribution is 5.95. The minimum Gasteiger partial charge on any atom is -0.339 e. The third-order valence-corrected chi connectivity index (χ3v) is 4.56. The first-order chi connectivity index (χ1) is 19.9. The van der Waals surface area contributed by atoms with Gasteiger partial charge in [0.2, 0.25) is 11.8 Å². The Bertz CT molecular complexity index is 1070. The Morgan fingerprint density at radius 2 is 1.53 bits per heavy atom. The molecule has 244 valence electrons. The lowest BCUT2D eigenvalue weighted by Crippen LogP contribution is -2.50. The van der Waals surface area contributed by atoms with Crippen LogP contribution in [0.2, 0.25) is 0 Å². The Kier molecular flexibility index (Phi) is 19.3. The van der Waals surface area contributed by atoms with Crippen LogP contribution in [0.4, 0.5) is 32.0 Å². The highest BCUT2D eigenvalue weighted by atomic mass is 19.4. The van der Waals surface area contributed by atoms with Gasteiger partial charge in [0, 0.05) is 18.3 Å². The van der Waals surface area contributed by atoms with Gasteiger partial charge in [0.15, 0.2) is 0 Å². The summed E-state index contributed by atoms with van der Waals surface area (Å²) in [5.41, 5.74) is -0.475. The summed E-state index contributed by atoms with van der Waals surface area (Å²) >= 11 is 0. The van der Waals surface area contributed by atoms with Gasteiger partial charge < -0.3 is 20.9 Å². The quantitative estimate of drug-likeness (QED) is 0.378. The van der Waals surface area contributed by atoms with Crippen LogP contribution in [0.3, 0.4) is 0 Å². The second kappa shape index (κ2) is 20.1. The molecule has 1 saturated heterocycles. The fraction of sp³-hybridized carbons (Fsp3) is 0.630. The van der Waals surface area contributed by atoms with Crippen LogP contribution >= 0.6 is 0 Å². The molecular weight excluding hydrogens is 586 g/mol. The number of halogens is 6. The number of nitriles is 1. The lowest BCUT2D eigenvalue weighted by Gasteiger charge is -2.25. The molecule has 0 bridgehead atoms. The maximum absolute atomic E-state index is 12.6. The number of aromatic nitrogens is 1. The second-order valence-corrected chi connectivity index (χ2v) is 9.39. The molecular formula is C27H40F6N6O4. The lowest BCUT2D eigenvalue weighted by molar-refractivity contribution is -0.174. The average Bonchev–Trinajstić information content (AvgIpc) is 3.41. The number of anilines is 1. The number of nitrogens with zero attached hydrogens (tertiary/aromatic N) is 3. The number of likely N-dealkylation sites (tertiary alicyclic amines) is 1. The molecule has 3 N–H and O–H groups in total. The number of pyridine rings is 1. The standard InChI is InChI=1S/C18H16F6N6O4.C4H10.C3H8.C2H6/c19-17(20,21)15(33)27-8-13(31)30-3-1-2-12(30)14(32)29-11(5-25)9-4-10(7-26-6-9)28-16(34)18(22,23)24;1-4(2)3;1-3-2;1-2/h4,6-7,11-12H,1-3,8H2,(H,27,33)(H,28,34)(H,29,32);4H,1-3H3;3H2,1-2H3;1-2H3. The molecule has 2 atom stereocenters. The summed E-state index contributed by atoms with van der Waals surface area (Å²) in [6.45, 7) is 13.8. The van der Waals surface area contributed by atoms with Crippen molar-refractivity contribution >= 4 is 29.3 Å². The van der Waals surface area contributed by atoms with E-state index >= 15 is 0 Å². The van der Waals surface area contributed by atoms with Crippen LogP contribution in [0, 0.1) is 17.2 Å². The summed E-state index contributed by atoms with van der Waals surface area (Å²) < 4.78 is 74.0. The maximum Gasteiger partial charge on any atom is 0.471 e. The third kappa shape index (κ3) is 16.4. The monoisotopic (exact) mass is 626 g/mol. The van der Waals surface area contributed by atoms with Crippen molar-refractivity contribution in [2.24, 2.45) is 5.92 Å². The van der Waals surface area contributed by atoms with Gasteiger partial charge in [-0.05, 0) is 24.8 Å². The van der Waals surface area contributed by atoms with Crippen molar-refractivity contribution in [3.63, 3.8) is 0 Å². The van der Waals surface area contributed by atoms with Crippen molar-refractivity contribution in [2.75, 3.05) is 18.4 Å². The van der Waals surface area contributed by atoms with E-state index in [1.54, 1.807) is 11.4 Å². The van der Waals surface area contributed by atoms with E-state index in [0.717, 1.165) is 29.3 Å². The Labute approximate surface area is 247 Å². The van der Waals surface area contributed by atoms with Gasteiger partial charge in [-0.15, -0.1) is 0 Å². The Hall–Kier alpha value is -3.90. The van der Waals surface area contributed by atoms with E-state index in [2.05, 4.69) is 44.9 Å². The zero-order chi connectivity index (χ0) is 34.0. The number of rotatable bonds is 6. The average molecular weight is 627 g/mol. The van der Waals surface area contributed by atoms with Gasteiger partial charge in [0.05, 0.1) is 24.5 Å². The molecule has 16 heteroatoms. The molecule has 2 rings (SSSR count). The molecule has 2 unspecified atom stereocenters. The molecule has 1 aromatic heterocycles.